The molecule has 0 bridgehead atoms. The SMILES string of the molecule is CC(=O)c1ccc(OC(=O)COc2ccccc2C(C)(C)C)cc1. The fourth-order valence-electron chi connectivity index (χ4n) is 2.27. The van der Waals surface area contributed by atoms with Crippen LogP contribution < -0.4 is 9.47 Å². The molecule has 24 heavy (non-hydrogen) atoms. The summed E-state index contributed by atoms with van der Waals surface area (Å²) in [5.74, 6) is 0.538. The summed E-state index contributed by atoms with van der Waals surface area (Å²) < 4.78 is 10.9. The highest BCUT2D eigenvalue weighted by molar-refractivity contribution is 5.94. The third-order valence-corrected chi connectivity index (χ3v) is 3.53. The van der Waals surface area contributed by atoms with Crippen LogP contribution in [0.25, 0.3) is 0 Å². The van der Waals surface area contributed by atoms with Gasteiger partial charge in [-0.2, -0.15) is 0 Å². The topological polar surface area (TPSA) is 52.6 Å². The molecule has 0 heterocycles. The minimum Gasteiger partial charge on any atom is -0.482 e. The molecule has 0 spiro atoms. The summed E-state index contributed by atoms with van der Waals surface area (Å²) in [6.07, 6.45) is 0. The molecule has 4 nitrogen and oxygen atoms in total. The summed E-state index contributed by atoms with van der Waals surface area (Å²) in [7, 11) is 0. The molecule has 0 saturated heterocycles. The van der Waals surface area contributed by atoms with Crippen LogP contribution in [0.1, 0.15) is 43.6 Å². The normalized spacial score (nSPS) is 11.0. The summed E-state index contributed by atoms with van der Waals surface area (Å²) in [5, 5.41) is 0. The summed E-state index contributed by atoms with van der Waals surface area (Å²) in [4.78, 5) is 23.2. The number of rotatable bonds is 5. The zero-order valence-electron chi connectivity index (χ0n) is 14.5. The predicted octanol–water partition coefficient (Wildman–Crippen LogP) is 4.17. The van der Waals surface area contributed by atoms with Crippen LogP contribution in [0.5, 0.6) is 11.5 Å². The first-order chi connectivity index (χ1) is 11.3. The number of hydrogen-bond donors (Lipinski definition) is 0. The zero-order chi connectivity index (χ0) is 17.7. The number of ketones is 1. The van der Waals surface area contributed by atoms with E-state index in [0.29, 0.717) is 17.1 Å². The average molecular weight is 326 g/mol. The fourth-order valence-corrected chi connectivity index (χ4v) is 2.27. The van der Waals surface area contributed by atoms with Crippen molar-refractivity contribution < 1.29 is 19.1 Å². The smallest absolute Gasteiger partial charge is 0.349 e. The molecule has 2 aromatic carbocycles. The van der Waals surface area contributed by atoms with E-state index in [1.807, 2.05) is 24.3 Å². The zero-order valence-corrected chi connectivity index (χ0v) is 14.5. The molecular formula is C20H22O4. The Hall–Kier alpha value is -2.62. The highest BCUT2D eigenvalue weighted by Crippen LogP contribution is 2.30. The van der Waals surface area contributed by atoms with E-state index in [9.17, 15) is 9.59 Å². The first-order valence-corrected chi connectivity index (χ1v) is 7.81. The molecule has 0 aromatic heterocycles. The number of carbonyl (C=O) groups is 2. The summed E-state index contributed by atoms with van der Waals surface area (Å²) >= 11 is 0. The Morgan fingerprint density at radius 2 is 1.58 bits per heavy atom. The Kier molecular flexibility index (Phi) is 5.39. The van der Waals surface area contributed by atoms with Crippen molar-refractivity contribution in [1.82, 2.24) is 0 Å². The maximum Gasteiger partial charge on any atom is 0.349 e. The van der Waals surface area contributed by atoms with Gasteiger partial charge in [0.15, 0.2) is 12.4 Å². The van der Waals surface area contributed by atoms with Gasteiger partial charge in [-0.25, -0.2) is 4.79 Å². The quantitative estimate of drug-likeness (QED) is 0.470. The summed E-state index contributed by atoms with van der Waals surface area (Å²) in [6, 6.07) is 14.1. The van der Waals surface area contributed by atoms with E-state index in [0.717, 1.165) is 5.56 Å². The molecule has 0 N–H and O–H groups in total. The van der Waals surface area contributed by atoms with Crippen molar-refractivity contribution in [3.05, 3.63) is 59.7 Å². The average Bonchev–Trinajstić information content (AvgIpc) is 2.53. The van der Waals surface area contributed by atoms with Crippen LogP contribution in [0.2, 0.25) is 0 Å². The van der Waals surface area contributed by atoms with Crippen LogP contribution in [0.4, 0.5) is 0 Å². The minimum atomic E-state index is -0.491. The van der Waals surface area contributed by atoms with Gasteiger partial charge in [-0.3, -0.25) is 4.79 Å². The van der Waals surface area contributed by atoms with Gasteiger partial charge in [0.05, 0.1) is 0 Å². The third kappa shape index (κ3) is 4.69. The van der Waals surface area contributed by atoms with Crippen molar-refractivity contribution in [3.8, 4) is 11.5 Å². The van der Waals surface area contributed by atoms with Gasteiger partial charge < -0.3 is 9.47 Å². The Labute approximate surface area is 142 Å². The molecule has 0 atom stereocenters. The number of ether oxygens (including phenoxy) is 2. The van der Waals surface area contributed by atoms with E-state index < -0.39 is 5.97 Å². The van der Waals surface area contributed by atoms with Gasteiger partial charge in [-0.1, -0.05) is 39.0 Å². The largest absolute Gasteiger partial charge is 0.482 e. The minimum absolute atomic E-state index is 0.0324. The van der Waals surface area contributed by atoms with Crippen molar-refractivity contribution in [2.24, 2.45) is 0 Å². The third-order valence-electron chi connectivity index (χ3n) is 3.53. The molecule has 0 unspecified atom stereocenters. The van der Waals surface area contributed by atoms with Gasteiger partial charge in [0.2, 0.25) is 0 Å². The maximum absolute atomic E-state index is 12.0. The number of esters is 1. The monoisotopic (exact) mass is 326 g/mol. The second kappa shape index (κ2) is 7.30. The highest BCUT2D eigenvalue weighted by atomic mass is 16.6. The molecule has 4 heteroatoms. The van der Waals surface area contributed by atoms with E-state index >= 15 is 0 Å². The molecule has 0 aliphatic rings. The molecule has 2 aromatic rings. The van der Waals surface area contributed by atoms with E-state index in [1.54, 1.807) is 24.3 Å². The van der Waals surface area contributed by atoms with E-state index in [-0.39, 0.29) is 17.8 Å². The molecule has 0 saturated carbocycles. The van der Waals surface area contributed by atoms with Crippen molar-refractivity contribution in [1.29, 1.82) is 0 Å². The molecule has 126 valence electrons. The lowest BCUT2D eigenvalue weighted by Crippen LogP contribution is -2.20. The fraction of sp³-hybridized carbons (Fsp3) is 0.300. The van der Waals surface area contributed by atoms with Gasteiger partial charge in [0.1, 0.15) is 11.5 Å². The molecular weight excluding hydrogens is 304 g/mol. The summed E-state index contributed by atoms with van der Waals surface area (Å²) in [6.45, 7) is 7.57. The molecule has 0 fully saturated rings. The number of carbonyl (C=O) groups excluding carboxylic acids is 2. The molecule has 0 amide bonds. The number of benzene rings is 2. The molecule has 0 aliphatic carbocycles. The van der Waals surface area contributed by atoms with E-state index in [2.05, 4.69) is 20.8 Å². The molecule has 2 rings (SSSR count). The second-order valence-electron chi connectivity index (χ2n) is 6.59. The molecule has 0 radical (unpaired) electrons. The number of para-hydroxylation sites is 1. The van der Waals surface area contributed by atoms with Crippen molar-refractivity contribution >= 4 is 11.8 Å². The first kappa shape index (κ1) is 17.7. The van der Waals surface area contributed by atoms with Gasteiger partial charge in [-0.05, 0) is 48.2 Å². The Morgan fingerprint density at radius 3 is 2.17 bits per heavy atom. The predicted molar refractivity (Wildman–Crippen MR) is 92.7 cm³/mol. The van der Waals surface area contributed by atoms with E-state index in [4.69, 9.17) is 9.47 Å². The van der Waals surface area contributed by atoms with Crippen LogP contribution in [0.15, 0.2) is 48.5 Å². The van der Waals surface area contributed by atoms with Crippen molar-refractivity contribution in [3.63, 3.8) is 0 Å². The van der Waals surface area contributed by atoms with E-state index in [1.165, 1.54) is 6.92 Å². The standard InChI is InChI=1S/C20H22O4/c1-14(21)15-9-11-16(12-10-15)24-19(22)13-23-18-8-6-5-7-17(18)20(2,3)4/h5-12H,13H2,1-4H3. The highest BCUT2D eigenvalue weighted by Gasteiger charge is 2.19. The number of Topliss-reactive ketones (excluding diaryl/α,β-unsaturated/α-hetero) is 1. The number of hydrogen-bond acceptors (Lipinski definition) is 4. The Bertz CT molecular complexity index is 724. The lowest BCUT2D eigenvalue weighted by Gasteiger charge is -2.22. The van der Waals surface area contributed by atoms with Gasteiger partial charge >= 0.3 is 5.97 Å². The maximum atomic E-state index is 12.0. The van der Waals surface area contributed by atoms with Crippen LogP contribution in [-0.4, -0.2) is 18.4 Å². The van der Waals surface area contributed by atoms with Crippen molar-refractivity contribution in [2.75, 3.05) is 6.61 Å². The Morgan fingerprint density at radius 1 is 0.958 bits per heavy atom. The second-order valence-corrected chi connectivity index (χ2v) is 6.59. The van der Waals surface area contributed by atoms with Crippen LogP contribution in [0.3, 0.4) is 0 Å². The van der Waals surface area contributed by atoms with Gasteiger partial charge in [0.25, 0.3) is 0 Å². The Balaban J connectivity index is 1.98. The van der Waals surface area contributed by atoms with Gasteiger partial charge in [0, 0.05) is 5.56 Å². The van der Waals surface area contributed by atoms with Crippen LogP contribution in [-0.2, 0) is 10.2 Å². The lowest BCUT2D eigenvalue weighted by atomic mass is 9.86. The van der Waals surface area contributed by atoms with Crippen molar-refractivity contribution in [2.45, 2.75) is 33.1 Å². The first-order valence-electron chi connectivity index (χ1n) is 7.81. The van der Waals surface area contributed by atoms with Crippen LogP contribution >= 0.6 is 0 Å². The molecule has 0 aliphatic heterocycles. The van der Waals surface area contributed by atoms with Gasteiger partial charge in [-0.15, -0.1) is 0 Å². The van der Waals surface area contributed by atoms with Crippen LogP contribution in [0, 0.1) is 0 Å². The lowest BCUT2D eigenvalue weighted by molar-refractivity contribution is -0.136. The summed E-state index contributed by atoms with van der Waals surface area (Å²) in [5.41, 5.74) is 1.52.